The molecule has 0 aliphatic rings. The highest BCUT2D eigenvalue weighted by atomic mass is 32.1. The lowest BCUT2D eigenvalue weighted by molar-refractivity contribution is -0.121. The van der Waals surface area contributed by atoms with E-state index >= 15 is 0 Å². The van der Waals surface area contributed by atoms with E-state index in [9.17, 15) is 4.79 Å². The highest BCUT2D eigenvalue weighted by molar-refractivity contribution is 7.08. The van der Waals surface area contributed by atoms with E-state index in [0.29, 0.717) is 31.1 Å². The maximum Gasteiger partial charge on any atom is 0.227 e. The molecule has 0 radical (unpaired) electrons. The van der Waals surface area contributed by atoms with Crippen LogP contribution in [0.4, 0.5) is 0 Å². The van der Waals surface area contributed by atoms with E-state index in [1.54, 1.807) is 11.3 Å². The second kappa shape index (κ2) is 8.18. The first-order valence-electron chi connectivity index (χ1n) is 8.95. The molecule has 1 aromatic carbocycles. The van der Waals surface area contributed by atoms with Gasteiger partial charge in [0.1, 0.15) is 0 Å². The number of fused-ring (bicyclic) bond motifs is 1. The average molecular weight is 380 g/mol. The van der Waals surface area contributed by atoms with Crippen LogP contribution in [0.3, 0.4) is 0 Å². The van der Waals surface area contributed by atoms with Crippen LogP contribution < -0.4 is 5.32 Å². The molecule has 138 valence electrons. The highest BCUT2D eigenvalue weighted by Gasteiger charge is 2.10. The summed E-state index contributed by atoms with van der Waals surface area (Å²) in [4.78, 5) is 16.3. The van der Waals surface area contributed by atoms with Gasteiger partial charge in [0.2, 0.25) is 17.6 Å². The Morgan fingerprint density at radius 3 is 3.04 bits per heavy atom. The summed E-state index contributed by atoms with van der Waals surface area (Å²) in [7, 11) is 0. The number of para-hydroxylation sites is 1. The lowest BCUT2D eigenvalue weighted by Gasteiger charge is -2.07. The van der Waals surface area contributed by atoms with Crippen molar-refractivity contribution >= 4 is 28.1 Å². The molecule has 3 aromatic heterocycles. The molecule has 0 saturated heterocycles. The largest absolute Gasteiger partial charge is 0.356 e. The van der Waals surface area contributed by atoms with E-state index in [-0.39, 0.29) is 5.91 Å². The molecule has 7 heteroatoms. The molecule has 0 unspecified atom stereocenters. The lowest BCUT2D eigenvalue weighted by Crippen LogP contribution is -2.25. The van der Waals surface area contributed by atoms with Crippen molar-refractivity contribution in [2.24, 2.45) is 0 Å². The fourth-order valence-electron chi connectivity index (χ4n) is 2.99. The zero-order valence-electron chi connectivity index (χ0n) is 14.8. The van der Waals surface area contributed by atoms with Gasteiger partial charge in [-0.2, -0.15) is 16.3 Å². The molecule has 0 fully saturated rings. The van der Waals surface area contributed by atoms with E-state index in [2.05, 4.69) is 44.4 Å². The zero-order valence-corrected chi connectivity index (χ0v) is 15.6. The van der Waals surface area contributed by atoms with Gasteiger partial charge >= 0.3 is 0 Å². The predicted molar refractivity (Wildman–Crippen MR) is 105 cm³/mol. The van der Waals surface area contributed by atoms with Crippen molar-refractivity contribution in [1.82, 2.24) is 20.0 Å². The molecule has 1 N–H and O–H groups in total. The van der Waals surface area contributed by atoms with Crippen molar-refractivity contribution in [1.29, 1.82) is 0 Å². The summed E-state index contributed by atoms with van der Waals surface area (Å²) in [6.45, 7) is 1.52. The van der Waals surface area contributed by atoms with Crippen molar-refractivity contribution < 1.29 is 9.32 Å². The summed E-state index contributed by atoms with van der Waals surface area (Å²) in [6, 6.07) is 12.4. The molecule has 0 bridgehead atoms. The standard InChI is InChI=1S/C20H20N4O2S/c25-18(6-7-19-22-20(23-26-19)16-9-13-27-14-16)21-10-3-11-24-12-8-15-4-1-2-5-17(15)24/h1-2,4-5,8-9,12-14H,3,6-7,10-11H2,(H,21,25). The van der Waals surface area contributed by atoms with Crippen LogP contribution in [0.1, 0.15) is 18.7 Å². The Hall–Kier alpha value is -2.93. The van der Waals surface area contributed by atoms with Crippen LogP contribution in [0.5, 0.6) is 0 Å². The highest BCUT2D eigenvalue weighted by Crippen LogP contribution is 2.19. The third-order valence-electron chi connectivity index (χ3n) is 4.39. The number of amides is 1. The van der Waals surface area contributed by atoms with Crippen LogP contribution in [0.25, 0.3) is 22.3 Å². The molecule has 27 heavy (non-hydrogen) atoms. The number of benzene rings is 1. The smallest absolute Gasteiger partial charge is 0.227 e. The van der Waals surface area contributed by atoms with Gasteiger partial charge in [-0.15, -0.1) is 0 Å². The second-order valence-electron chi connectivity index (χ2n) is 6.30. The third-order valence-corrected chi connectivity index (χ3v) is 5.07. The van der Waals surface area contributed by atoms with Crippen molar-refractivity contribution in [3.05, 3.63) is 59.2 Å². The minimum absolute atomic E-state index is 0.00245. The van der Waals surface area contributed by atoms with Crippen LogP contribution in [-0.4, -0.2) is 27.2 Å². The third kappa shape index (κ3) is 4.25. The first-order valence-corrected chi connectivity index (χ1v) is 9.89. The number of carbonyl (C=O) groups excluding carboxylic acids is 1. The van der Waals surface area contributed by atoms with Gasteiger partial charge < -0.3 is 14.4 Å². The van der Waals surface area contributed by atoms with Gasteiger partial charge in [-0.3, -0.25) is 4.79 Å². The minimum Gasteiger partial charge on any atom is -0.356 e. The number of nitrogens with one attached hydrogen (secondary N) is 1. The van der Waals surface area contributed by atoms with Crippen LogP contribution >= 0.6 is 11.3 Å². The maximum atomic E-state index is 12.0. The number of aromatic nitrogens is 3. The monoisotopic (exact) mass is 380 g/mol. The van der Waals surface area contributed by atoms with Gasteiger partial charge in [0.15, 0.2) is 0 Å². The number of rotatable bonds is 8. The molecule has 3 heterocycles. The average Bonchev–Trinajstić information content (AvgIpc) is 3.44. The number of nitrogens with zero attached hydrogens (tertiary/aromatic N) is 3. The van der Waals surface area contributed by atoms with E-state index in [1.807, 2.05) is 29.0 Å². The van der Waals surface area contributed by atoms with E-state index in [1.165, 1.54) is 10.9 Å². The summed E-state index contributed by atoms with van der Waals surface area (Å²) >= 11 is 1.59. The first kappa shape index (κ1) is 17.5. The number of aryl methyl sites for hydroxylation is 2. The van der Waals surface area contributed by atoms with E-state index in [4.69, 9.17) is 4.52 Å². The van der Waals surface area contributed by atoms with Crippen molar-refractivity contribution in [3.8, 4) is 11.4 Å². The van der Waals surface area contributed by atoms with Crippen LogP contribution in [0.15, 0.2) is 57.9 Å². The molecule has 0 aliphatic heterocycles. The Balaban J connectivity index is 1.19. The summed E-state index contributed by atoms with van der Waals surface area (Å²) in [6.07, 6.45) is 3.77. The van der Waals surface area contributed by atoms with Crippen molar-refractivity contribution in [3.63, 3.8) is 0 Å². The Kier molecular flexibility index (Phi) is 5.29. The SMILES string of the molecule is O=C(CCc1nc(-c2ccsc2)no1)NCCCn1ccc2ccccc21. The minimum atomic E-state index is 0.00245. The fourth-order valence-corrected chi connectivity index (χ4v) is 3.62. The Bertz CT molecular complexity index is 1020. The normalized spacial score (nSPS) is 11.1. The van der Waals surface area contributed by atoms with Crippen LogP contribution in [0, 0.1) is 0 Å². The van der Waals surface area contributed by atoms with Crippen molar-refractivity contribution in [2.45, 2.75) is 25.8 Å². The van der Waals surface area contributed by atoms with Crippen LogP contribution in [0.2, 0.25) is 0 Å². The van der Waals surface area contributed by atoms with Gasteiger partial charge in [-0.25, -0.2) is 0 Å². The molecule has 0 aliphatic carbocycles. The fraction of sp³-hybridized carbons (Fsp3) is 0.250. The molecular formula is C20H20N4O2S. The Morgan fingerprint density at radius 2 is 2.15 bits per heavy atom. The maximum absolute atomic E-state index is 12.0. The quantitative estimate of drug-likeness (QED) is 0.471. The van der Waals surface area contributed by atoms with Crippen LogP contribution in [-0.2, 0) is 17.8 Å². The molecule has 4 aromatic rings. The lowest BCUT2D eigenvalue weighted by atomic mass is 10.2. The van der Waals surface area contributed by atoms with Gasteiger partial charge in [0.05, 0.1) is 0 Å². The molecule has 0 saturated carbocycles. The van der Waals surface area contributed by atoms with E-state index in [0.717, 1.165) is 18.5 Å². The summed E-state index contributed by atoms with van der Waals surface area (Å²) < 4.78 is 7.43. The van der Waals surface area contributed by atoms with Gasteiger partial charge in [-0.1, -0.05) is 23.4 Å². The number of hydrogen-bond acceptors (Lipinski definition) is 5. The summed E-state index contributed by atoms with van der Waals surface area (Å²) in [5.41, 5.74) is 2.17. The van der Waals surface area contributed by atoms with Gasteiger partial charge in [-0.05, 0) is 35.4 Å². The van der Waals surface area contributed by atoms with Gasteiger partial charge in [0, 0.05) is 48.6 Å². The topological polar surface area (TPSA) is 72.9 Å². The molecule has 0 atom stereocenters. The first-order chi connectivity index (χ1) is 13.3. The summed E-state index contributed by atoms with van der Waals surface area (Å²) in [5, 5.41) is 12.1. The zero-order chi connectivity index (χ0) is 18.5. The molecule has 4 rings (SSSR count). The summed E-state index contributed by atoms with van der Waals surface area (Å²) in [5.74, 6) is 1.07. The van der Waals surface area contributed by atoms with Crippen molar-refractivity contribution in [2.75, 3.05) is 6.54 Å². The molecule has 1 amide bonds. The number of hydrogen-bond donors (Lipinski definition) is 1. The molecular weight excluding hydrogens is 360 g/mol. The van der Waals surface area contributed by atoms with E-state index < -0.39 is 0 Å². The molecule has 0 spiro atoms. The predicted octanol–water partition coefficient (Wildman–Crippen LogP) is 3.89. The number of carbonyl (C=O) groups is 1. The Morgan fingerprint density at radius 1 is 1.22 bits per heavy atom. The second-order valence-corrected chi connectivity index (χ2v) is 7.08. The Labute approximate surface area is 160 Å². The molecule has 6 nitrogen and oxygen atoms in total. The van der Waals surface area contributed by atoms with Gasteiger partial charge in [0.25, 0.3) is 0 Å². The number of thiophene rings is 1.